The van der Waals surface area contributed by atoms with Gasteiger partial charge in [-0.25, -0.2) is 4.79 Å². The summed E-state index contributed by atoms with van der Waals surface area (Å²) in [6.07, 6.45) is 3.80. The van der Waals surface area contributed by atoms with E-state index in [1.807, 2.05) is 24.3 Å². The highest BCUT2D eigenvalue weighted by Crippen LogP contribution is 2.44. The van der Waals surface area contributed by atoms with Crippen LogP contribution in [0.15, 0.2) is 48.5 Å². The number of amides is 2. The Morgan fingerprint density at radius 1 is 0.912 bits per heavy atom. The summed E-state index contributed by atoms with van der Waals surface area (Å²) in [5.74, 6) is -1.75. The largest absolute Gasteiger partial charge is 0.481 e. The lowest BCUT2D eigenvalue weighted by molar-refractivity contribution is -0.155. The smallest absolute Gasteiger partial charge is 0.407 e. The molecule has 1 saturated heterocycles. The fourth-order valence-electron chi connectivity index (χ4n) is 5.62. The third-order valence-electron chi connectivity index (χ3n) is 7.52. The van der Waals surface area contributed by atoms with E-state index in [0.29, 0.717) is 6.42 Å². The molecular weight excluding hydrogens is 432 g/mol. The average Bonchev–Trinajstić information content (AvgIpc) is 2.93. The third kappa shape index (κ3) is 4.27. The van der Waals surface area contributed by atoms with Crippen LogP contribution in [0.2, 0.25) is 0 Å². The van der Waals surface area contributed by atoms with Gasteiger partial charge in [0.1, 0.15) is 6.61 Å². The highest BCUT2D eigenvalue weighted by atomic mass is 16.5. The first kappa shape index (κ1) is 22.4. The van der Waals surface area contributed by atoms with Crippen LogP contribution in [0.25, 0.3) is 11.1 Å². The van der Waals surface area contributed by atoms with Gasteiger partial charge in [-0.05, 0) is 35.1 Å². The SMILES string of the molecule is O=C(N[C@H]1CCCCC[C@H]1C(=O)N1CC(C(=O)O)C1)OCC1c2ccccc2-c2ccccc21. The van der Waals surface area contributed by atoms with Crippen LogP contribution in [0, 0.1) is 11.8 Å². The van der Waals surface area contributed by atoms with Crippen molar-refractivity contribution in [3.8, 4) is 11.1 Å². The molecule has 2 N–H and O–H groups in total. The molecule has 0 spiro atoms. The van der Waals surface area contributed by atoms with Crippen molar-refractivity contribution in [1.29, 1.82) is 0 Å². The molecule has 0 bridgehead atoms. The van der Waals surface area contributed by atoms with Crippen molar-refractivity contribution in [2.45, 2.75) is 44.1 Å². The van der Waals surface area contributed by atoms with Gasteiger partial charge in [0, 0.05) is 25.0 Å². The molecule has 2 fully saturated rings. The molecule has 7 heteroatoms. The number of nitrogens with zero attached hydrogens (tertiary/aromatic N) is 1. The Bertz CT molecular complexity index is 1050. The fraction of sp³-hybridized carbons (Fsp3) is 0.444. The molecule has 2 amide bonds. The average molecular weight is 463 g/mol. The van der Waals surface area contributed by atoms with Crippen molar-refractivity contribution < 1.29 is 24.2 Å². The maximum absolute atomic E-state index is 13.1. The number of benzene rings is 2. The molecule has 0 radical (unpaired) electrons. The Morgan fingerprint density at radius 2 is 1.53 bits per heavy atom. The van der Waals surface area contributed by atoms with Gasteiger partial charge in [0.05, 0.1) is 11.8 Å². The Labute approximate surface area is 199 Å². The third-order valence-corrected chi connectivity index (χ3v) is 7.52. The fourth-order valence-corrected chi connectivity index (χ4v) is 5.62. The maximum atomic E-state index is 13.1. The van der Waals surface area contributed by atoms with Crippen molar-refractivity contribution >= 4 is 18.0 Å². The normalized spacial score (nSPS) is 22.2. The number of alkyl carbamates (subject to hydrolysis) is 1. The Balaban J connectivity index is 1.23. The number of carboxylic acid groups (broad SMARTS) is 1. The molecule has 0 aromatic heterocycles. The van der Waals surface area contributed by atoms with Crippen LogP contribution >= 0.6 is 0 Å². The molecule has 2 aromatic carbocycles. The summed E-state index contributed by atoms with van der Waals surface area (Å²) in [4.78, 5) is 38.6. The van der Waals surface area contributed by atoms with E-state index in [0.717, 1.165) is 36.8 Å². The molecule has 178 valence electrons. The van der Waals surface area contributed by atoms with Crippen LogP contribution in [0.3, 0.4) is 0 Å². The van der Waals surface area contributed by atoms with Gasteiger partial charge >= 0.3 is 12.1 Å². The summed E-state index contributed by atoms with van der Waals surface area (Å²) in [5, 5.41) is 12.1. The van der Waals surface area contributed by atoms with Crippen molar-refractivity contribution in [3.05, 3.63) is 59.7 Å². The first-order valence-corrected chi connectivity index (χ1v) is 12.2. The number of carbonyl (C=O) groups excluding carboxylic acids is 2. The predicted octanol–water partition coefficient (Wildman–Crippen LogP) is 4.02. The van der Waals surface area contributed by atoms with Gasteiger partial charge in [0.25, 0.3) is 0 Å². The predicted molar refractivity (Wildman–Crippen MR) is 126 cm³/mol. The van der Waals surface area contributed by atoms with Crippen molar-refractivity contribution in [2.24, 2.45) is 11.8 Å². The van der Waals surface area contributed by atoms with Gasteiger partial charge in [-0.15, -0.1) is 0 Å². The minimum absolute atomic E-state index is 0.0150. The first-order valence-electron chi connectivity index (χ1n) is 12.2. The van der Waals surface area contributed by atoms with E-state index in [1.54, 1.807) is 4.90 Å². The number of fused-ring (bicyclic) bond motifs is 3. The Hall–Kier alpha value is -3.35. The lowest BCUT2D eigenvalue weighted by Gasteiger charge is -2.40. The summed E-state index contributed by atoms with van der Waals surface area (Å²) in [6, 6.07) is 16.1. The summed E-state index contributed by atoms with van der Waals surface area (Å²) in [5.41, 5.74) is 4.67. The van der Waals surface area contributed by atoms with E-state index in [-0.39, 0.29) is 43.5 Å². The molecule has 1 heterocycles. The Morgan fingerprint density at radius 3 is 2.18 bits per heavy atom. The van der Waals surface area contributed by atoms with Gasteiger partial charge in [0.2, 0.25) is 5.91 Å². The van der Waals surface area contributed by atoms with Crippen LogP contribution < -0.4 is 5.32 Å². The van der Waals surface area contributed by atoms with Crippen LogP contribution in [-0.4, -0.2) is 53.7 Å². The molecule has 2 atom stereocenters. The summed E-state index contributed by atoms with van der Waals surface area (Å²) in [7, 11) is 0. The van der Waals surface area contributed by atoms with E-state index < -0.39 is 18.0 Å². The zero-order valence-corrected chi connectivity index (χ0v) is 19.1. The van der Waals surface area contributed by atoms with E-state index in [1.165, 1.54) is 11.1 Å². The molecule has 1 aliphatic heterocycles. The van der Waals surface area contributed by atoms with Crippen LogP contribution in [-0.2, 0) is 14.3 Å². The molecule has 34 heavy (non-hydrogen) atoms. The minimum atomic E-state index is -0.863. The number of hydrogen-bond acceptors (Lipinski definition) is 4. The highest BCUT2D eigenvalue weighted by Gasteiger charge is 2.41. The van der Waals surface area contributed by atoms with Crippen LogP contribution in [0.1, 0.15) is 49.1 Å². The summed E-state index contributed by atoms with van der Waals surface area (Å²) in [6.45, 7) is 0.738. The quantitative estimate of drug-likeness (QED) is 0.655. The number of hydrogen-bond donors (Lipinski definition) is 2. The van der Waals surface area contributed by atoms with Gasteiger partial charge in [-0.3, -0.25) is 9.59 Å². The van der Waals surface area contributed by atoms with E-state index in [9.17, 15) is 14.4 Å². The second-order valence-corrected chi connectivity index (χ2v) is 9.60. The second kappa shape index (κ2) is 9.49. The lowest BCUT2D eigenvalue weighted by Crippen LogP contribution is -2.57. The van der Waals surface area contributed by atoms with Crippen molar-refractivity contribution in [2.75, 3.05) is 19.7 Å². The minimum Gasteiger partial charge on any atom is -0.481 e. The van der Waals surface area contributed by atoms with Gasteiger partial charge in [-0.1, -0.05) is 67.8 Å². The maximum Gasteiger partial charge on any atom is 0.407 e. The van der Waals surface area contributed by atoms with Gasteiger partial charge < -0.3 is 20.1 Å². The first-order chi connectivity index (χ1) is 16.5. The number of aliphatic carboxylic acids is 1. The van der Waals surface area contributed by atoms with E-state index in [4.69, 9.17) is 9.84 Å². The zero-order valence-electron chi connectivity index (χ0n) is 19.1. The topological polar surface area (TPSA) is 95.9 Å². The number of likely N-dealkylation sites (tertiary alicyclic amines) is 1. The van der Waals surface area contributed by atoms with Crippen molar-refractivity contribution in [3.63, 3.8) is 0 Å². The van der Waals surface area contributed by atoms with Crippen LogP contribution in [0.5, 0.6) is 0 Å². The molecule has 3 aliphatic rings. The Kier molecular flexibility index (Phi) is 6.26. The number of carbonyl (C=O) groups is 3. The molecule has 0 unspecified atom stereocenters. The molecule has 2 aromatic rings. The number of nitrogens with one attached hydrogen (secondary N) is 1. The van der Waals surface area contributed by atoms with Crippen molar-refractivity contribution in [1.82, 2.24) is 10.2 Å². The van der Waals surface area contributed by atoms with Gasteiger partial charge in [0.15, 0.2) is 0 Å². The molecule has 2 aliphatic carbocycles. The monoisotopic (exact) mass is 462 g/mol. The van der Waals surface area contributed by atoms with E-state index >= 15 is 0 Å². The second-order valence-electron chi connectivity index (χ2n) is 9.60. The highest BCUT2D eigenvalue weighted by molar-refractivity contribution is 5.84. The summed E-state index contributed by atoms with van der Waals surface area (Å²) < 4.78 is 5.71. The molecule has 1 saturated carbocycles. The lowest BCUT2D eigenvalue weighted by atomic mass is 9.90. The van der Waals surface area contributed by atoms with Gasteiger partial charge in [-0.2, -0.15) is 0 Å². The van der Waals surface area contributed by atoms with E-state index in [2.05, 4.69) is 29.6 Å². The number of carboxylic acids is 1. The number of rotatable bonds is 5. The standard InChI is InChI=1S/C27H30N2O5/c30-25(29-14-17(15-29)26(31)32)22-12-2-1-3-13-24(22)28-27(33)34-16-23-20-10-6-4-8-18(20)19-9-5-7-11-21(19)23/h4-11,17,22-24H,1-3,12-16H2,(H,28,33)(H,31,32)/t22-,24+/m1/s1. The van der Waals surface area contributed by atoms with Crippen LogP contribution in [0.4, 0.5) is 4.79 Å². The molecular formula is C27H30N2O5. The molecule has 7 nitrogen and oxygen atoms in total. The zero-order chi connectivity index (χ0) is 23.7. The number of ether oxygens (including phenoxy) is 1. The summed E-state index contributed by atoms with van der Waals surface area (Å²) >= 11 is 0. The molecule has 5 rings (SSSR count).